The van der Waals surface area contributed by atoms with Crippen LogP contribution in [0.1, 0.15) is 18.9 Å². The summed E-state index contributed by atoms with van der Waals surface area (Å²) in [5.41, 5.74) is -0.147. The highest BCUT2D eigenvalue weighted by atomic mass is 32.2. The van der Waals surface area contributed by atoms with Gasteiger partial charge in [0.25, 0.3) is 0 Å². The molecule has 0 aromatic heterocycles. The van der Waals surface area contributed by atoms with Crippen molar-refractivity contribution < 1.29 is 23.1 Å². The molecule has 2 rings (SSSR count). The van der Waals surface area contributed by atoms with Crippen molar-refractivity contribution in [2.24, 2.45) is 5.41 Å². The SMILES string of the molecule is CN(C)S(=O)(=O)c1ccc(CNC(=O)N2CCC(C)(C(=O)O)C2)cc1. The van der Waals surface area contributed by atoms with Crippen LogP contribution in [0.25, 0.3) is 0 Å². The molecule has 0 bridgehead atoms. The van der Waals surface area contributed by atoms with Crippen molar-refractivity contribution >= 4 is 22.0 Å². The Morgan fingerprint density at radius 3 is 2.36 bits per heavy atom. The lowest BCUT2D eigenvalue weighted by atomic mass is 9.90. The lowest BCUT2D eigenvalue weighted by molar-refractivity contribution is -0.147. The van der Waals surface area contributed by atoms with Gasteiger partial charge >= 0.3 is 12.0 Å². The molecule has 0 radical (unpaired) electrons. The molecule has 2 N–H and O–H groups in total. The van der Waals surface area contributed by atoms with Gasteiger partial charge in [0, 0.05) is 33.7 Å². The summed E-state index contributed by atoms with van der Waals surface area (Å²) in [5, 5.41) is 11.9. The predicted molar refractivity (Wildman–Crippen MR) is 91.5 cm³/mol. The Hall–Kier alpha value is -2.13. The number of urea groups is 1. The van der Waals surface area contributed by atoms with Crippen LogP contribution in [0.3, 0.4) is 0 Å². The third kappa shape index (κ3) is 4.10. The molecular formula is C16H23N3O5S. The topological polar surface area (TPSA) is 107 Å². The van der Waals surface area contributed by atoms with Gasteiger partial charge in [-0.25, -0.2) is 17.5 Å². The van der Waals surface area contributed by atoms with Crippen molar-refractivity contribution in [2.45, 2.75) is 24.8 Å². The van der Waals surface area contributed by atoms with Crippen LogP contribution in [-0.4, -0.2) is 61.9 Å². The van der Waals surface area contributed by atoms with Gasteiger partial charge in [-0.05, 0) is 31.0 Å². The Morgan fingerprint density at radius 1 is 1.28 bits per heavy atom. The molecule has 1 unspecified atom stereocenters. The van der Waals surface area contributed by atoms with Gasteiger partial charge in [-0.1, -0.05) is 12.1 Å². The van der Waals surface area contributed by atoms with E-state index in [1.807, 2.05) is 0 Å². The normalized spacial score (nSPS) is 20.7. The van der Waals surface area contributed by atoms with Gasteiger partial charge in [0.05, 0.1) is 10.3 Å². The summed E-state index contributed by atoms with van der Waals surface area (Å²) in [5.74, 6) is -0.902. The Labute approximate surface area is 147 Å². The van der Waals surface area contributed by atoms with E-state index in [2.05, 4.69) is 5.32 Å². The van der Waals surface area contributed by atoms with Gasteiger partial charge in [-0.15, -0.1) is 0 Å². The summed E-state index contributed by atoms with van der Waals surface area (Å²) < 4.78 is 25.1. The third-order valence-corrected chi connectivity index (χ3v) is 6.25. The maximum atomic E-state index is 12.2. The largest absolute Gasteiger partial charge is 0.481 e. The molecule has 1 heterocycles. The second kappa shape index (κ2) is 7.01. The number of aliphatic carboxylic acids is 1. The van der Waals surface area contributed by atoms with Gasteiger partial charge in [0.2, 0.25) is 10.0 Å². The number of carboxylic acids is 1. The molecular weight excluding hydrogens is 346 g/mol. The van der Waals surface area contributed by atoms with E-state index in [0.29, 0.717) is 13.0 Å². The van der Waals surface area contributed by atoms with Crippen LogP contribution in [0.5, 0.6) is 0 Å². The summed E-state index contributed by atoms with van der Waals surface area (Å²) in [7, 11) is -0.552. The van der Waals surface area contributed by atoms with Crippen LogP contribution in [0, 0.1) is 5.41 Å². The highest BCUT2D eigenvalue weighted by Crippen LogP contribution is 2.30. The second-order valence-corrected chi connectivity index (χ2v) is 8.78. The van der Waals surface area contributed by atoms with Gasteiger partial charge in [0.15, 0.2) is 0 Å². The zero-order valence-corrected chi connectivity index (χ0v) is 15.3. The Bertz CT molecular complexity index is 760. The third-order valence-electron chi connectivity index (χ3n) is 4.42. The lowest BCUT2D eigenvalue weighted by Gasteiger charge is -2.20. The number of rotatable bonds is 5. The molecule has 138 valence electrons. The van der Waals surface area contributed by atoms with Gasteiger partial charge in [-0.2, -0.15) is 0 Å². The molecule has 1 aliphatic rings. The first kappa shape index (κ1) is 19.2. The van der Waals surface area contributed by atoms with E-state index >= 15 is 0 Å². The van der Waals surface area contributed by atoms with E-state index in [4.69, 9.17) is 0 Å². The second-order valence-electron chi connectivity index (χ2n) is 6.63. The molecule has 8 nitrogen and oxygen atoms in total. The zero-order valence-electron chi connectivity index (χ0n) is 14.5. The molecule has 25 heavy (non-hydrogen) atoms. The quantitative estimate of drug-likeness (QED) is 0.803. The molecule has 0 spiro atoms. The maximum Gasteiger partial charge on any atom is 0.317 e. The average Bonchev–Trinajstić information content (AvgIpc) is 2.97. The molecule has 9 heteroatoms. The summed E-state index contributed by atoms with van der Waals surface area (Å²) in [4.78, 5) is 25.1. The van der Waals surface area contributed by atoms with Crippen molar-refractivity contribution in [3.05, 3.63) is 29.8 Å². The average molecular weight is 369 g/mol. The first-order valence-electron chi connectivity index (χ1n) is 7.84. The number of sulfonamides is 1. The van der Waals surface area contributed by atoms with E-state index < -0.39 is 21.4 Å². The van der Waals surface area contributed by atoms with Crippen LogP contribution in [-0.2, 0) is 21.4 Å². The van der Waals surface area contributed by atoms with Gasteiger partial charge in [-0.3, -0.25) is 4.79 Å². The van der Waals surface area contributed by atoms with Crippen LogP contribution < -0.4 is 5.32 Å². The highest BCUT2D eigenvalue weighted by Gasteiger charge is 2.42. The lowest BCUT2D eigenvalue weighted by Crippen LogP contribution is -2.40. The fourth-order valence-electron chi connectivity index (χ4n) is 2.59. The highest BCUT2D eigenvalue weighted by molar-refractivity contribution is 7.89. The molecule has 1 aliphatic heterocycles. The molecule has 0 saturated carbocycles. The van der Waals surface area contributed by atoms with Crippen molar-refractivity contribution in [3.63, 3.8) is 0 Å². The number of benzene rings is 1. The van der Waals surface area contributed by atoms with Gasteiger partial charge in [0.1, 0.15) is 0 Å². The van der Waals surface area contributed by atoms with Gasteiger partial charge < -0.3 is 15.3 Å². The van der Waals surface area contributed by atoms with Crippen molar-refractivity contribution in [3.8, 4) is 0 Å². The minimum atomic E-state index is -3.48. The summed E-state index contributed by atoms with van der Waals surface area (Å²) >= 11 is 0. The fraction of sp³-hybridized carbons (Fsp3) is 0.500. The number of carbonyl (C=O) groups is 2. The first-order chi connectivity index (χ1) is 11.6. The molecule has 1 aromatic rings. The van der Waals surface area contributed by atoms with Crippen LogP contribution in [0.15, 0.2) is 29.2 Å². The van der Waals surface area contributed by atoms with Crippen LogP contribution in [0.2, 0.25) is 0 Å². The zero-order chi connectivity index (χ0) is 18.8. The van der Waals surface area contributed by atoms with E-state index in [-0.39, 0.29) is 24.0 Å². The smallest absolute Gasteiger partial charge is 0.317 e. The molecule has 1 aromatic carbocycles. The summed E-state index contributed by atoms with van der Waals surface area (Å²) in [6.07, 6.45) is 0.423. The Morgan fingerprint density at radius 2 is 1.88 bits per heavy atom. The number of carbonyl (C=O) groups excluding carboxylic acids is 1. The van der Waals surface area contributed by atoms with Crippen LogP contribution >= 0.6 is 0 Å². The standard InChI is InChI=1S/C16H23N3O5S/c1-16(14(20)21)8-9-19(11-16)15(22)17-10-12-4-6-13(7-5-12)25(23,24)18(2)3/h4-7H,8-11H2,1-3H3,(H,17,22)(H,20,21). The monoisotopic (exact) mass is 369 g/mol. The van der Waals surface area contributed by atoms with E-state index in [9.17, 15) is 23.1 Å². The number of amides is 2. The number of carboxylic acid groups (broad SMARTS) is 1. The fourth-order valence-corrected chi connectivity index (χ4v) is 3.49. The Kier molecular flexibility index (Phi) is 5.38. The molecule has 1 atom stereocenters. The summed E-state index contributed by atoms with van der Waals surface area (Å²) in [6.45, 7) is 2.44. The summed E-state index contributed by atoms with van der Waals surface area (Å²) in [6, 6.07) is 5.95. The molecule has 1 saturated heterocycles. The van der Waals surface area contributed by atoms with E-state index in [1.165, 1.54) is 31.1 Å². The minimum Gasteiger partial charge on any atom is -0.481 e. The maximum absolute atomic E-state index is 12.2. The number of likely N-dealkylation sites (tertiary alicyclic amines) is 1. The number of nitrogens with one attached hydrogen (secondary N) is 1. The van der Waals surface area contributed by atoms with Crippen molar-refractivity contribution in [1.29, 1.82) is 0 Å². The van der Waals surface area contributed by atoms with E-state index in [1.54, 1.807) is 19.1 Å². The molecule has 2 amide bonds. The number of hydrogen-bond donors (Lipinski definition) is 2. The molecule has 0 aliphatic carbocycles. The predicted octanol–water partition coefficient (Wildman–Crippen LogP) is 0.943. The van der Waals surface area contributed by atoms with Crippen molar-refractivity contribution in [1.82, 2.24) is 14.5 Å². The Balaban J connectivity index is 1.94. The minimum absolute atomic E-state index is 0.175. The first-order valence-corrected chi connectivity index (χ1v) is 9.28. The molecule has 1 fully saturated rings. The number of nitrogens with zero attached hydrogens (tertiary/aromatic N) is 2. The number of hydrogen-bond acceptors (Lipinski definition) is 4. The van der Waals surface area contributed by atoms with Crippen molar-refractivity contribution in [2.75, 3.05) is 27.2 Å². The van der Waals surface area contributed by atoms with E-state index in [0.717, 1.165) is 9.87 Å². The van der Waals surface area contributed by atoms with Crippen LogP contribution in [0.4, 0.5) is 4.79 Å².